The summed E-state index contributed by atoms with van der Waals surface area (Å²) in [6.45, 7) is 21.8. The van der Waals surface area contributed by atoms with Crippen molar-refractivity contribution in [3.8, 4) is 0 Å². The fourth-order valence-corrected chi connectivity index (χ4v) is 9.83. The van der Waals surface area contributed by atoms with Crippen LogP contribution >= 0.6 is 0 Å². The SMILES string of the molecule is CC(C)(C)OC(=O)[C@@H]1CCCC[C@H]1N1CCN(Cc2cnc3ccccc3c2)CC1.CC(C)(C)OC(=O)[C@H]1CCCC[C@@H]1N1CCN(Cc2cnc3ccccc3c2)CC1. The zero-order valence-corrected chi connectivity index (χ0v) is 37.3. The maximum Gasteiger partial charge on any atom is 0.311 e. The fraction of sp³-hybridized carbons (Fsp3) is 0.600. The Kier molecular flexibility index (Phi) is 14.6. The van der Waals surface area contributed by atoms with Gasteiger partial charge in [0.1, 0.15) is 11.2 Å². The summed E-state index contributed by atoms with van der Waals surface area (Å²) < 4.78 is 11.5. The molecule has 4 heterocycles. The Bertz CT molecular complexity index is 1880. The van der Waals surface area contributed by atoms with Crippen LogP contribution in [0.25, 0.3) is 21.8 Å². The number of hydrogen-bond acceptors (Lipinski definition) is 10. The van der Waals surface area contributed by atoms with E-state index in [1.54, 1.807) is 0 Å². The molecule has 4 aromatic rings. The van der Waals surface area contributed by atoms with E-state index in [4.69, 9.17) is 9.47 Å². The number of hydrogen-bond donors (Lipinski definition) is 0. The van der Waals surface area contributed by atoms with Crippen LogP contribution in [0, 0.1) is 11.8 Å². The second-order valence-electron chi connectivity index (χ2n) is 19.7. The fourth-order valence-electron chi connectivity index (χ4n) is 9.83. The zero-order valence-electron chi connectivity index (χ0n) is 37.3. The van der Waals surface area contributed by atoms with Gasteiger partial charge >= 0.3 is 11.9 Å². The van der Waals surface area contributed by atoms with Gasteiger partial charge in [-0.05, 0) is 103 Å². The van der Waals surface area contributed by atoms with E-state index in [0.717, 1.165) is 115 Å². The highest BCUT2D eigenvalue weighted by Gasteiger charge is 2.40. The number of aromatic nitrogens is 2. The number of esters is 2. The molecule has 4 aliphatic rings. The topological polar surface area (TPSA) is 91.3 Å². The largest absolute Gasteiger partial charge is 0.460 e. The van der Waals surface area contributed by atoms with Crippen molar-refractivity contribution in [1.82, 2.24) is 29.6 Å². The van der Waals surface area contributed by atoms with Crippen LogP contribution in [0.4, 0.5) is 0 Å². The minimum atomic E-state index is -0.411. The predicted molar refractivity (Wildman–Crippen MR) is 240 cm³/mol. The number of carbonyl (C=O) groups is 2. The van der Waals surface area contributed by atoms with Gasteiger partial charge in [0.2, 0.25) is 0 Å². The number of benzene rings is 2. The third-order valence-corrected chi connectivity index (χ3v) is 12.7. The summed E-state index contributed by atoms with van der Waals surface area (Å²) in [5, 5.41) is 2.41. The van der Waals surface area contributed by atoms with Crippen LogP contribution in [0.3, 0.4) is 0 Å². The minimum absolute atomic E-state index is 0.00290. The van der Waals surface area contributed by atoms with E-state index in [2.05, 4.69) is 78.1 Å². The van der Waals surface area contributed by atoms with Crippen LogP contribution in [0.1, 0.15) is 104 Å². The number of ether oxygens (including phenoxy) is 2. The van der Waals surface area contributed by atoms with Crippen LogP contribution in [0.5, 0.6) is 0 Å². The lowest BCUT2D eigenvalue weighted by molar-refractivity contribution is -0.165. The van der Waals surface area contributed by atoms with E-state index < -0.39 is 11.2 Å². The number of pyridine rings is 2. The Morgan fingerprint density at radius 3 is 1.30 bits per heavy atom. The Hall–Kier alpha value is -3.96. The molecule has 4 atom stereocenters. The van der Waals surface area contributed by atoms with E-state index in [-0.39, 0.29) is 23.8 Å². The highest BCUT2D eigenvalue weighted by molar-refractivity contribution is 5.79. The number of para-hydroxylation sites is 2. The van der Waals surface area contributed by atoms with Crippen LogP contribution in [0.2, 0.25) is 0 Å². The van der Waals surface area contributed by atoms with E-state index in [9.17, 15) is 9.59 Å². The molecule has 8 rings (SSSR count). The van der Waals surface area contributed by atoms with Crippen molar-refractivity contribution >= 4 is 33.7 Å². The number of nitrogens with zero attached hydrogens (tertiary/aromatic N) is 6. The number of rotatable bonds is 8. The highest BCUT2D eigenvalue weighted by atomic mass is 16.6. The molecule has 10 nitrogen and oxygen atoms in total. The predicted octanol–water partition coefficient (Wildman–Crippen LogP) is 8.51. The number of piperazine rings is 2. The van der Waals surface area contributed by atoms with Crippen molar-refractivity contribution < 1.29 is 19.1 Å². The third-order valence-electron chi connectivity index (χ3n) is 12.7. The maximum atomic E-state index is 12.8. The van der Waals surface area contributed by atoms with Gasteiger partial charge in [0.25, 0.3) is 0 Å². The molecule has 4 fully saturated rings. The quantitative estimate of drug-likeness (QED) is 0.161. The number of carbonyl (C=O) groups excluding carboxylic acids is 2. The van der Waals surface area contributed by atoms with Gasteiger partial charge in [-0.3, -0.25) is 39.2 Å². The van der Waals surface area contributed by atoms with Gasteiger partial charge in [-0.1, -0.05) is 62.1 Å². The number of fused-ring (bicyclic) bond motifs is 2. The van der Waals surface area contributed by atoms with Crippen LogP contribution in [-0.4, -0.2) is 117 Å². The molecule has 2 aliphatic carbocycles. The van der Waals surface area contributed by atoms with Gasteiger partial charge in [-0.2, -0.15) is 0 Å². The summed E-state index contributed by atoms with van der Waals surface area (Å²) in [5.74, 6) is 0.0390. The normalized spacial score (nSPS) is 24.1. The van der Waals surface area contributed by atoms with E-state index >= 15 is 0 Å². The Morgan fingerprint density at radius 2 is 0.917 bits per heavy atom. The van der Waals surface area contributed by atoms with Gasteiger partial charge in [0.15, 0.2) is 0 Å². The average molecular weight is 819 g/mol. The smallest absolute Gasteiger partial charge is 0.311 e. The van der Waals surface area contributed by atoms with Gasteiger partial charge in [-0.25, -0.2) is 0 Å². The maximum absolute atomic E-state index is 12.8. The summed E-state index contributed by atoms with van der Waals surface area (Å²) in [6.07, 6.45) is 12.9. The highest BCUT2D eigenvalue weighted by Crippen LogP contribution is 2.33. The van der Waals surface area contributed by atoms with Crippen LogP contribution in [0.15, 0.2) is 73.1 Å². The molecule has 0 N–H and O–H groups in total. The van der Waals surface area contributed by atoms with E-state index in [0.29, 0.717) is 12.1 Å². The minimum Gasteiger partial charge on any atom is -0.460 e. The zero-order chi connectivity index (χ0) is 42.3. The van der Waals surface area contributed by atoms with Crippen molar-refractivity contribution in [2.24, 2.45) is 11.8 Å². The Morgan fingerprint density at radius 1 is 0.550 bits per heavy atom. The first-order chi connectivity index (χ1) is 28.8. The summed E-state index contributed by atoms with van der Waals surface area (Å²) in [7, 11) is 0. The van der Waals surface area contributed by atoms with Gasteiger partial charge in [0.05, 0.1) is 22.9 Å². The molecule has 2 aromatic heterocycles. The lowest BCUT2D eigenvalue weighted by Gasteiger charge is -2.43. The molecule has 0 spiro atoms. The third kappa shape index (κ3) is 12.1. The molecule has 2 saturated heterocycles. The monoisotopic (exact) mass is 819 g/mol. The first-order valence-electron chi connectivity index (χ1n) is 22.8. The lowest BCUT2D eigenvalue weighted by Crippen LogP contribution is -2.54. The molecular formula is C50H70N6O4. The van der Waals surface area contributed by atoms with Crippen LogP contribution in [-0.2, 0) is 32.2 Å². The Labute approximate surface area is 359 Å². The van der Waals surface area contributed by atoms with E-state index in [1.165, 1.54) is 34.7 Å². The lowest BCUT2D eigenvalue weighted by atomic mass is 9.83. The van der Waals surface area contributed by atoms with Crippen molar-refractivity contribution in [2.45, 2.75) is 129 Å². The van der Waals surface area contributed by atoms with Gasteiger partial charge < -0.3 is 9.47 Å². The summed E-state index contributed by atoms with van der Waals surface area (Å²) >= 11 is 0. The molecule has 0 radical (unpaired) electrons. The van der Waals surface area contributed by atoms with Crippen molar-refractivity contribution in [3.63, 3.8) is 0 Å². The standard InChI is InChI=1S/2C25H35N3O2/c2*1-25(2,3)30-24(29)21-9-5-7-11-23(21)28-14-12-27(13-15-28)18-19-16-20-8-4-6-10-22(20)26-17-19/h2*4,6,8,10,16-17,21,23H,5,7,9,11-15,18H2,1-3H3/t2*21-,23-/m10/s1. The molecule has 60 heavy (non-hydrogen) atoms. The molecule has 0 bridgehead atoms. The molecule has 2 aliphatic heterocycles. The second kappa shape index (κ2) is 19.8. The molecule has 2 saturated carbocycles. The first-order valence-corrected chi connectivity index (χ1v) is 22.8. The summed E-state index contributed by atoms with van der Waals surface area (Å²) in [6, 6.07) is 21.8. The van der Waals surface area contributed by atoms with Crippen LogP contribution < -0.4 is 0 Å². The van der Waals surface area contributed by atoms with Gasteiger partial charge in [0, 0.05) is 101 Å². The van der Waals surface area contributed by atoms with Crippen molar-refractivity contribution in [1.29, 1.82) is 0 Å². The molecule has 10 heteroatoms. The van der Waals surface area contributed by atoms with E-state index in [1.807, 2.05) is 66.1 Å². The molecule has 0 unspecified atom stereocenters. The van der Waals surface area contributed by atoms with Gasteiger partial charge in [-0.15, -0.1) is 0 Å². The van der Waals surface area contributed by atoms with Crippen molar-refractivity contribution in [2.75, 3.05) is 52.4 Å². The Balaban J connectivity index is 0.000000181. The molecule has 0 amide bonds. The summed E-state index contributed by atoms with van der Waals surface area (Å²) in [4.78, 5) is 44.9. The first kappa shape index (κ1) is 44.1. The molecule has 324 valence electrons. The summed E-state index contributed by atoms with van der Waals surface area (Å²) in [5.41, 5.74) is 3.82. The second-order valence-corrected chi connectivity index (χ2v) is 19.7. The van der Waals surface area contributed by atoms with Crippen molar-refractivity contribution in [3.05, 3.63) is 84.2 Å². The molecule has 2 aromatic carbocycles. The average Bonchev–Trinajstić information content (AvgIpc) is 3.23. The molecular weight excluding hydrogens is 749 g/mol.